The normalized spacial score (nSPS) is 21.2. The first kappa shape index (κ1) is 8.97. The zero-order valence-corrected chi connectivity index (χ0v) is 8.34. The first-order valence-corrected chi connectivity index (χ1v) is 5.59. The van der Waals surface area contributed by atoms with Gasteiger partial charge in [-0.25, -0.2) is 9.97 Å². The third-order valence-corrected chi connectivity index (χ3v) is 2.85. The molecule has 0 amide bonds. The van der Waals surface area contributed by atoms with Gasteiger partial charge in [0.1, 0.15) is 0 Å². The van der Waals surface area contributed by atoms with Crippen LogP contribution in [0.2, 0.25) is 0 Å². The molecule has 0 bridgehead atoms. The first-order chi connectivity index (χ1) is 6.29. The van der Waals surface area contributed by atoms with E-state index in [1.54, 1.807) is 11.8 Å². The minimum absolute atomic E-state index is 0.198. The van der Waals surface area contributed by atoms with Crippen molar-refractivity contribution in [3.8, 4) is 0 Å². The fourth-order valence-corrected chi connectivity index (χ4v) is 1.93. The molecule has 0 radical (unpaired) electrons. The fourth-order valence-electron chi connectivity index (χ4n) is 1.57. The van der Waals surface area contributed by atoms with Gasteiger partial charge in [-0.2, -0.15) is 0 Å². The monoisotopic (exact) mass is 196 g/mol. The Kier molecular flexibility index (Phi) is 2.51. The molecule has 2 rings (SSSR count). The van der Waals surface area contributed by atoms with Gasteiger partial charge in [-0.1, -0.05) is 11.8 Å². The number of rotatable bonds is 1. The van der Waals surface area contributed by atoms with E-state index >= 15 is 0 Å². The number of fused-ring (bicyclic) bond motifs is 1. The molecule has 0 aromatic carbocycles. The minimum Gasteiger partial charge on any atom is -0.393 e. The fraction of sp³-hybridized carbons (Fsp3) is 0.556. The van der Waals surface area contributed by atoms with Crippen molar-refractivity contribution in [2.24, 2.45) is 0 Å². The second-order valence-corrected chi connectivity index (χ2v) is 4.00. The van der Waals surface area contributed by atoms with Crippen molar-refractivity contribution >= 4 is 11.8 Å². The summed E-state index contributed by atoms with van der Waals surface area (Å²) in [5.41, 5.74) is 2.22. The highest BCUT2D eigenvalue weighted by Crippen LogP contribution is 2.20. The van der Waals surface area contributed by atoms with Gasteiger partial charge in [-0.3, -0.25) is 0 Å². The van der Waals surface area contributed by atoms with Crippen molar-refractivity contribution in [2.45, 2.75) is 30.5 Å². The number of aliphatic hydroxyl groups excluding tert-OH is 1. The number of aryl methyl sites for hydroxylation is 1. The summed E-state index contributed by atoms with van der Waals surface area (Å²) in [5, 5.41) is 10.3. The summed E-state index contributed by atoms with van der Waals surface area (Å²) in [6.45, 7) is 0. The van der Waals surface area contributed by atoms with E-state index in [-0.39, 0.29) is 6.10 Å². The summed E-state index contributed by atoms with van der Waals surface area (Å²) in [6, 6.07) is 0. The molecular weight excluding hydrogens is 184 g/mol. The number of aromatic nitrogens is 2. The third-order valence-electron chi connectivity index (χ3n) is 2.28. The Labute approximate surface area is 81.6 Å². The van der Waals surface area contributed by atoms with E-state index in [1.165, 1.54) is 0 Å². The summed E-state index contributed by atoms with van der Waals surface area (Å²) in [4.78, 5) is 8.59. The molecule has 1 unspecified atom stereocenters. The Morgan fingerprint density at radius 1 is 1.62 bits per heavy atom. The van der Waals surface area contributed by atoms with Gasteiger partial charge in [0.25, 0.3) is 0 Å². The summed E-state index contributed by atoms with van der Waals surface area (Å²) in [6.07, 6.45) is 6.04. The molecule has 1 aromatic heterocycles. The molecule has 3 nitrogen and oxygen atoms in total. The molecule has 1 atom stereocenters. The lowest BCUT2D eigenvalue weighted by Crippen LogP contribution is -2.20. The molecule has 0 saturated carbocycles. The van der Waals surface area contributed by atoms with Crippen molar-refractivity contribution in [1.82, 2.24) is 9.97 Å². The number of thioether (sulfide) groups is 1. The topological polar surface area (TPSA) is 46.0 Å². The molecule has 1 heterocycles. The molecular formula is C9H12N2OS. The molecule has 1 aromatic rings. The van der Waals surface area contributed by atoms with Gasteiger partial charge in [0, 0.05) is 18.3 Å². The van der Waals surface area contributed by atoms with E-state index < -0.39 is 0 Å². The molecule has 70 valence electrons. The Morgan fingerprint density at radius 3 is 3.23 bits per heavy atom. The number of nitrogens with zero attached hydrogens (tertiary/aromatic N) is 2. The van der Waals surface area contributed by atoms with Crippen molar-refractivity contribution in [2.75, 3.05) is 6.26 Å². The van der Waals surface area contributed by atoms with Crippen LogP contribution in [0.15, 0.2) is 11.4 Å². The van der Waals surface area contributed by atoms with Crippen LogP contribution in [0.25, 0.3) is 0 Å². The van der Waals surface area contributed by atoms with Crippen LogP contribution in [-0.2, 0) is 12.8 Å². The number of hydrogen-bond donors (Lipinski definition) is 1. The lowest BCUT2D eigenvalue weighted by molar-refractivity contribution is 0.157. The van der Waals surface area contributed by atoms with E-state index in [0.29, 0.717) is 6.42 Å². The SMILES string of the molecule is CSc1ncc2c(n1)CCC(O)C2. The van der Waals surface area contributed by atoms with Crippen molar-refractivity contribution < 1.29 is 5.11 Å². The number of hydrogen-bond acceptors (Lipinski definition) is 4. The Bertz CT molecular complexity index is 316. The highest BCUT2D eigenvalue weighted by molar-refractivity contribution is 7.98. The molecule has 1 aliphatic rings. The zero-order chi connectivity index (χ0) is 9.26. The molecule has 0 spiro atoms. The second kappa shape index (κ2) is 3.64. The van der Waals surface area contributed by atoms with Gasteiger partial charge in [0.15, 0.2) is 5.16 Å². The first-order valence-electron chi connectivity index (χ1n) is 4.36. The van der Waals surface area contributed by atoms with Crippen LogP contribution in [0.5, 0.6) is 0 Å². The van der Waals surface area contributed by atoms with Crippen LogP contribution in [0.3, 0.4) is 0 Å². The summed E-state index contributed by atoms with van der Waals surface area (Å²) in [7, 11) is 0. The Morgan fingerprint density at radius 2 is 2.46 bits per heavy atom. The van der Waals surface area contributed by atoms with Crippen molar-refractivity contribution in [1.29, 1.82) is 0 Å². The van der Waals surface area contributed by atoms with E-state index in [1.807, 2.05) is 12.5 Å². The maximum Gasteiger partial charge on any atom is 0.187 e. The molecule has 4 heteroatoms. The Hall–Kier alpha value is -0.610. The average molecular weight is 196 g/mol. The zero-order valence-electron chi connectivity index (χ0n) is 7.53. The van der Waals surface area contributed by atoms with Gasteiger partial charge in [0.05, 0.1) is 6.10 Å². The van der Waals surface area contributed by atoms with Gasteiger partial charge in [-0.05, 0) is 24.7 Å². The quantitative estimate of drug-likeness (QED) is 0.538. The van der Waals surface area contributed by atoms with Gasteiger partial charge in [-0.15, -0.1) is 0 Å². The van der Waals surface area contributed by atoms with Crippen LogP contribution in [0, 0.1) is 0 Å². The predicted molar refractivity (Wildman–Crippen MR) is 51.8 cm³/mol. The van der Waals surface area contributed by atoms with Crippen LogP contribution in [0.4, 0.5) is 0 Å². The maximum absolute atomic E-state index is 9.42. The smallest absolute Gasteiger partial charge is 0.187 e. The number of aliphatic hydroxyl groups is 1. The lowest BCUT2D eigenvalue weighted by atomic mass is 9.95. The van der Waals surface area contributed by atoms with E-state index in [2.05, 4.69) is 9.97 Å². The molecule has 0 fully saturated rings. The van der Waals surface area contributed by atoms with Crippen LogP contribution in [0.1, 0.15) is 17.7 Å². The molecule has 13 heavy (non-hydrogen) atoms. The van der Waals surface area contributed by atoms with Gasteiger partial charge in [0.2, 0.25) is 0 Å². The van der Waals surface area contributed by atoms with E-state index in [9.17, 15) is 5.11 Å². The molecule has 0 saturated heterocycles. The molecule has 1 N–H and O–H groups in total. The predicted octanol–water partition coefficient (Wildman–Crippen LogP) is 1.05. The van der Waals surface area contributed by atoms with E-state index in [4.69, 9.17) is 0 Å². The van der Waals surface area contributed by atoms with Crippen LogP contribution < -0.4 is 0 Å². The summed E-state index contributed by atoms with van der Waals surface area (Å²) in [5.74, 6) is 0. The summed E-state index contributed by atoms with van der Waals surface area (Å²) < 4.78 is 0. The highest BCUT2D eigenvalue weighted by Gasteiger charge is 2.17. The standard InChI is InChI=1S/C9H12N2OS/c1-13-9-10-5-6-4-7(12)2-3-8(6)11-9/h5,7,12H,2-4H2,1H3. The summed E-state index contributed by atoms with van der Waals surface area (Å²) >= 11 is 1.56. The third kappa shape index (κ3) is 1.84. The molecule has 1 aliphatic carbocycles. The highest BCUT2D eigenvalue weighted by atomic mass is 32.2. The average Bonchev–Trinajstić information content (AvgIpc) is 2.17. The lowest BCUT2D eigenvalue weighted by Gasteiger charge is -2.19. The van der Waals surface area contributed by atoms with E-state index in [0.717, 1.165) is 29.3 Å². The van der Waals surface area contributed by atoms with Crippen LogP contribution in [-0.4, -0.2) is 27.4 Å². The van der Waals surface area contributed by atoms with Gasteiger partial charge >= 0.3 is 0 Å². The van der Waals surface area contributed by atoms with Crippen LogP contribution >= 0.6 is 11.8 Å². The molecule has 0 aliphatic heterocycles. The minimum atomic E-state index is -0.198. The van der Waals surface area contributed by atoms with Gasteiger partial charge < -0.3 is 5.11 Å². The second-order valence-electron chi connectivity index (χ2n) is 3.23. The maximum atomic E-state index is 9.42. The van der Waals surface area contributed by atoms with Crippen molar-refractivity contribution in [3.05, 3.63) is 17.5 Å². The largest absolute Gasteiger partial charge is 0.393 e. The van der Waals surface area contributed by atoms with Crippen molar-refractivity contribution in [3.63, 3.8) is 0 Å². The Balaban J connectivity index is 2.31.